The third-order valence-corrected chi connectivity index (χ3v) is 28.7. The van der Waals surface area contributed by atoms with Crippen LogP contribution in [0.25, 0.3) is 0 Å². The van der Waals surface area contributed by atoms with Crippen LogP contribution in [0.1, 0.15) is 280 Å². The number of aromatic nitrogens is 15. The van der Waals surface area contributed by atoms with Crippen molar-refractivity contribution in [2.24, 2.45) is 23.7 Å². The molecule has 3 N–H and O–H groups in total. The number of carbonyl (C=O) groups is 3. The van der Waals surface area contributed by atoms with E-state index < -0.39 is 32.8 Å². The van der Waals surface area contributed by atoms with Gasteiger partial charge in [-0.3, -0.25) is 19.3 Å². The number of ether oxygens (including phenoxy) is 2. The minimum absolute atomic E-state index is 0.00529. The van der Waals surface area contributed by atoms with Crippen molar-refractivity contribution in [2.45, 2.75) is 306 Å². The predicted molar refractivity (Wildman–Crippen MR) is 567 cm³/mol. The number of likely N-dealkylation sites (tertiary alicyclic amines) is 5. The molecule has 16 rings (SSSR count). The number of nitrogens with one attached hydrogen (secondary N) is 3. The zero-order chi connectivity index (χ0) is 108. The van der Waals surface area contributed by atoms with Crippen LogP contribution in [0.5, 0.6) is 11.8 Å². The Bertz CT molecular complexity index is 5650. The van der Waals surface area contributed by atoms with Crippen LogP contribution in [0.15, 0.2) is 105 Å². The third kappa shape index (κ3) is 40.0. The number of nitrogens with zero attached hydrogens (tertiary/aromatic N) is 22. The zero-order valence-corrected chi connectivity index (χ0v) is 93.8. The van der Waals surface area contributed by atoms with Crippen LogP contribution in [0.3, 0.4) is 0 Å². The molecule has 8 fully saturated rings. The molecule has 34 nitrogen and oxygen atoms in total. The van der Waals surface area contributed by atoms with Crippen LogP contribution in [0.4, 0.5) is 24.8 Å². The first-order chi connectivity index (χ1) is 67.7. The summed E-state index contributed by atoms with van der Waals surface area (Å²) in [5.41, 5.74) is 12.9. The summed E-state index contributed by atoms with van der Waals surface area (Å²) >= 11 is 0. The first-order valence-electron chi connectivity index (χ1n) is 51.1. The zero-order valence-electron chi connectivity index (χ0n) is 92.2. The number of anilines is 2. The summed E-state index contributed by atoms with van der Waals surface area (Å²) in [6.45, 7) is 65.5. The van der Waals surface area contributed by atoms with Crippen LogP contribution in [0.2, 0.25) is 0 Å². The van der Waals surface area contributed by atoms with E-state index in [-0.39, 0.29) is 73.8 Å². The standard InChI is InChI=1S/C15H23N3O2.C14H20F3N3.C14H23N3O3S.C14H21N3O.C13H20N4O.C13H21N3O2S.2C12H19N3/c1-11(19)18-7-5-12(6-8-18)20-14-9-13(15(2,3)4)16-10-17-14;1-13(2,3)12-5-11(18-9-19-12)4-10-6-20(7-10)8-14(15,16)17;1-14(2,3)12-9-13(16-10-15-12)20-11-5-7-17(8-6-11)21(4,18)19;1-10(18)17-8-12(9-17)16-13-7-11(5-6-15-13)14(2,3)4;1-9(18)17-6-10(7-17)16-12-5-11(13(2,3)4)14-8-15-12;1-13(2,3)12-6-11(14-9-15-12)5-10-7-16(8-10)19(4,17)18;1-12(2,3)11-5-10(14-8-15-11)4-9-6-13-7-9;1-9(2)12-5-11(13-8-14-12)4-10-6-15(3)7-10/h9-10,12H,5-8H2,1-4H3;5,9-10H,4,6-8H2,1-3H3;9-11H,5-8H2,1-4H3;5-7,12H,8-9H2,1-4H3,(H,15,16);5,8,10H,6-7H2,1-4H3,(H,14,15,16);6,9-10H,5,7-8H2,1-4H3;5,8-9,13H,4,6-7H2,1-3H3;5,8-10H,4,6-7H2,1-3H3. The van der Waals surface area contributed by atoms with Gasteiger partial charge in [0.15, 0.2) is 0 Å². The van der Waals surface area contributed by atoms with E-state index in [4.69, 9.17) is 9.47 Å². The summed E-state index contributed by atoms with van der Waals surface area (Å²) in [5.74, 6) is 6.04. The lowest BCUT2D eigenvalue weighted by atomic mass is 9.88. The molecule has 806 valence electrons. The van der Waals surface area contributed by atoms with Crippen molar-refractivity contribution < 1.29 is 53.9 Å². The number of rotatable bonds is 20. The minimum Gasteiger partial charge on any atom is -0.474 e. The molecule has 16 heterocycles. The lowest BCUT2D eigenvalue weighted by molar-refractivity contribution is -0.158. The molecular weight excluding hydrogens is 1900 g/mol. The van der Waals surface area contributed by atoms with Crippen LogP contribution in [-0.2, 0) is 98.0 Å². The van der Waals surface area contributed by atoms with Crippen LogP contribution in [0, 0.1) is 23.7 Å². The lowest BCUT2D eigenvalue weighted by Crippen LogP contribution is -2.56. The fraction of sp³-hybridized carbons (Fsp3) is 0.664. The van der Waals surface area contributed by atoms with Gasteiger partial charge in [-0.2, -0.15) is 13.2 Å². The van der Waals surface area contributed by atoms with Crippen molar-refractivity contribution in [2.75, 3.05) is 141 Å². The van der Waals surface area contributed by atoms with Crippen molar-refractivity contribution in [3.63, 3.8) is 0 Å². The Kier molecular flexibility index (Phi) is 42.0. The molecule has 0 aliphatic carbocycles. The number of amides is 3. The molecule has 39 heteroatoms. The molecular formula is C107H166F3N25O9S2. The molecule has 0 aromatic carbocycles. The molecule has 8 saturated heterocycles. The number of carbonyl (C=O) groups excluding carboxylic acids is 3. The Morgan fingerprint density at radius 1 is 0.390 bits per heavy atom. The lowest BCUT2D eigenvalue weighted by Gasteiger charge is -2.39. The molecule has 0 radical (unpaired) electrons. The second-order valence-electron chi connectivity index (χ2n) is 47.6. The largest absolute Gasteiger partial charge is 0.474 e. The maximum atomic E-state index is 12.2. The van der Waals surface area contributed by atoms with Gasteiger partial charge >= 0.3 is 6.18 Å². The molecule has 146 heavy (non-hydrogen) atoms. The van der Waals surface area contributed by atoms with Crippen molar-refractivity contribution in [3.8, 4) is 11.8 Å². The van der Waals surface area contributed by atoms with Gasteiger partial charge in [0.25, 0.3) is 0 Å². The number of hydrogen-bond acceptors (Lipinski definition) is 29. The average Bonchev–Trinajstić information content (AvgIpc) is 0.818. The second-order valence-corrected chi connectivity index (χ2v) is 51.6. The molecule has 0 bridgehead atoms. The van der Waals surface area contributed by atoms with Gasteiger partial charge in [-0.15, -0.1) is 0 Å². The smallest absolute Gasteiger partial charge is 0.401 e. The summed E-state index contributed by atoms with van der Waals surface area (Å²) < 4.78 is 97.0. The van der Waals surface area contributed by atoms with Crippen LogP contribution in [-0.4, -0.2) is 304 Å². The normalized spacial score (nSPS) is 17.6. The van der Waals surface area contributed by atoms with E-state index in [1.807, 2.05) is 57.3 Å². The quantitative estimate of drug-likeness (QED) is 0.0638. The van der Waals surface area contributed by atoms with Gasteiger partial charge in [0, 0.05) is 228 Å². The van der Waals surface area contributed by atoms with E-state index in [0.717, 1.165) is 166 Å². The average molecular weight is 2070 g/mol. The van der Waals surface area contributed by atoms with Gasteiger partial charge < -0.3 is 45.0 Å². The summed E-state index contributed by atoms with van der Waals surface area (Å²) in [7, 11) is -3.96. The molecule has 8 aromatic rings. The summed E-state index contributed by atoms with van der Waals surface area (Å²) in [6.07, 6.45) is 18.4. The van der Waals surface area contributed by atoms with Gasteiger partial charge in [0.1, 0.15) is 68.1 Å². The van der Waals surface area contributed by atoms with E-state index in [9.17, 15) is 44.4 Å². The summed E-state index contributed by atoms with van der Waals surface area (Å²) in [6, 6.07) is 18.8. The maximum Gasteiger partial charge on any atom is 0.401 e. The molecule has 0 atom stereocenters. The molecule has 3 amide bonds. The highest BCUT2D eigenvalue weighted by Gasteiger charge is 2.40. The highest BCUT2D eigenvalue weighted by Crippen LogP contribution is 2.34. The fourth-order valence-electron chi connectivity index (χ4n) is 16.8. The first-order valence-corrected chi connectivity index (χ1v) is 54.8. The van der Waals surface area contributed by atoms with E-state index in [2.05, 4.69) is 280 Å². The van der Waals surface area contributed by atoms with E-state index >= 15 is 0 Å². The summed E-state index contributed by atoms with van der Waals surface area (Å²) in [5, 5.41) is 9.98. The van der Waals surface area contributed by atoms with E-state index in [1.165, 1.54) is 62.4 Å². The number of halogens is 3. The van der Waals surface area contributed by atoms with Gasteiger partial charge in [-0.05, 0) is 136 Å². The van der Waals surface area contributed by atoms with Gasteiger partial charge in [0.2, 0.25) is 49.5 Å². The van der Waals surface area contributed by atoms with E-state index in [1.54, 1.807) is 58.7 Å². The molecule has 8 aliphatic heterocycles. The molecule has 0 saturated carbocycles. The Labute approximate surface area is 867 Å². The number of pyridine rings is 1. The van der Waals surface area contributed by atoms with Crippen molar-refractivity contribution >= 4 is 49.4 Å². The highest BCUT2D eigenvalue weighted by molar-refractivity contribution is 7.88. The summed E-state index contributed by atoms with van der Waals surface area (Å²) in [4.78, 5) is 107. The van der Waals surface area contributed by atoms with Crippen molar-refractivity contribution in [1.29, 1.82) is 0 Å². The predicted octanol–water partition coefficient (Wildman–Crippen LogP) is 14.4. The van der Waals surface area contributed by atoms with Gasteiger partial charge in [-0.1, -0.05) is 159 Å². The third-order valence-electron chi connectivity index (χ3n) is 26.2. The molecule has 0 unspecified atom stereocenters. The first kappa shape index (κ1) is 119. The number of alkyl halides is 3. The van der Waals surface area contributed by atoms with Gasteiger partial charge in [-0.25, -0.2) is 100 Å². The van der Waals surface area contributed by atoms with Crippen molar-refractivity contribution in [3.05, 3.63) is 173 Å². The number of sulfonamides is 2. The minimum atomic E-state index is -4.10. The Morgan fingerprint density at radius 2 is 0.726 bits per heavy atom. The highest BCUT2D eigenvalue weighted by atomic mass is 32.2. The fourth-order valence-corrected chi connectivity index (χ4v) is 18.6. The molecule has 8 aromatic heterocycles. The Balaban J connectivity index is 0.000000186. The number of hydrogen-bond donors (Lipinski definition) is 3. The SMILES string of the molecule is CC(=O)N1CC(Nc2cc(C(C)(C)C)ccn2)C1.CC(=O)N1CC(Nc2cc(C(C)(C)C)ncn2)C1.CC(=O)N1CCC(Oc2cc(C(C)(C)C)ncn2)CC1.CC(C)(C)c1cc(CC2CN(CC(F)(F)F)C2)ncn1.CC(C)(C)c1cc(CC2CN(S(C)(=O)=O)C2)ncn1.CC(C)(C)c1cc(CC2CNC2)ncn1.CC(C)(C)c1cc(OC2CCN(S(C)(=O)=O)CC2)ncn1.CC(C)c1cc(CC2CN(C)C2)ncn1. The van der Waals surface area contributed by atoms with Gasteiger partial charge in [0.05, 0.1) is 48.2 Å². The molecule has 0 spiro atoms. The van der Waals surface area contributed by atoms with Crippen molar-refractivity contribution in [1.82, 2.24) is 113 Å². The van der Waals surface area contributed by atoms with Crippen LogP contribution >= 0.6 is 0 Å². The second kappa shape index (κ2) is 51.4. The molecule has 8 aliphatic rings. The van der Waals surface area contributed by atoms with E-state index in [0.29, 0.717) is 87.8 Å². The van der Waals surface area contributed by atoms with Crippen LogP contribution < -0.4 is 25.4 Å². The maximum absolute atomic E-state index is 12.2. The monoisotopic (exact) mass is 2070 g/mol. The number of piperidine rings is 2. The topological polar surface area (TPSA) is 390 Å². The Morgan fingerprint density at radius 3 is 1.08 bits per heavy atom. The Hall–Kier alpha value is -10.2.